The summed E-state index contributed by atoms with van der Waals surface area (Å²) in [4.78, 5) is 0. The third kappa shape index (κ3) is 6.33. The van der Waals surface area contributed by atoms with Crippen molar-refractivity contribution in [1.29, 1.82) is 5.26 Å². The summed E-state index contributed by atoms with van der Waals surface area (Å²) in [6, 6.07) is 72.6. The first-order valence-electron chi connectivity index (χ1n) is 21.3. The summed E-state index contributed by atoms with van der Waals surface area (Å²) in [7, 11) is 0. The molecule has 0 saturated heterocycles. The van der Waals surface area contributed by atoms with Gasteiger partial charge in [0.15, 0.2) is 0 Å². The van der Waals surface area contributed by atoms with Crippen LogP contribution in [0.25, 0.3) is 77.2 Å². The lowest BCUT2D eigenvalue weighted by Crippen LogP contribution is -2.16. The normalized spacial score (nSPS) is 13.3. The van der Waals surface area contributed by atoms with Crippen molar-refractivity contribution in [3.63, 3.8) is 0 Å². The van der Waals surface area contributed by atoms with Crippen molar-refractivity contribution in [1.82, 2.24) is 0 Å². The monoisotopic (exact) mass is 781 g/mol. The predicted molar refractivity (Wildman–Crippen MR) is 253 cm³/mol. The third-order valence-corrected chi connectivity index (χ3v) is 13.2. The number of rotatable bonds is 8. The second kappa shape index (κ2) is 14.7. The number of hydrogen-bond donors (Lipinski definition) is 0. The van der Waals surface area contributed by atoms with Gasteiger partial charge in [-0.25, -0.2) is 0 Å². The average molecular weight is 782 g/mol. The minimum Gasteiger partial charge on any atom is -0.455 e. The van der Waals surface area contributed by atoms with E-state index >= 15 is 0 Å². The van der Waals surface area contributed by atoms with Crippen LogP contribution in [0.1, 0.15) is 59.6 Å². The largest absolute Gasteiger partial charge is 0.455 e. The zero-order valence-electron chi connectivity index (χ0n) is 34.3. The molecule has 10 aromatic rings. The lowest BCUT2D eigenvalue weighted by atomic mass is 9.79. The molecule has 1 aromatic heterocycles. The minimum atomic E-state index is -0.134. The molecule has 1 atom stereocenters. The molecule has 2 nitrogen and oxygen atoms in total. The number of aryl methyl sites for hydroxylation is 1. The molecule has 1 aliphatic rings. The van der Waals surface area contributed by atoms with E-state index in [0.29, 0.717) is 5.56 Å². The molecule has 2 heteroatoms. The lowest BCUT2D eigenvalue weighted by molar-refractivity contribution is 0.654. The molecule has 0 saturated carbocycles. The van der Waals surface area contributed by atoms with E-state index in [4.69, 9.17) is 4.42 Å². The topological polar surface area (TPSA) is 36.9 Å². The van der Waals surface area contributed by atoms with Crippen LogP contribution in [0.15, 0.2) is 199 Å². The van der Waals surface area contributed by atoms with E-state index < -0.39 is 0 Å². The van der Waals surface area contributed by atoms with E-state index in [9.17, 15) is 5.26 Å². The van der Waals surface area contributed by atoms with E-state index in [2.05, 4.69) is 190 Å². The van der Waals surface area contributed by atoms with E-state index in [1.807, 2.05) is 24.3 Å². The maximum Gasteiger partial charge on any atom is 0.143 e. The van der Waals surface area contributed by atoms with Gasteiger partial charge >= 0.3 is 0 Å². The highest BCUT2D eigenvalue weighted by molar-refractivity contribution is 6.19. The van der Waals surface area contributed by atoms with Crippen LogP contribution >= 0.6 is 0 Å². The van der Waals surface area contributed by atoms with Crippen molar-refractivity contribution in [2.75, 3.05) is 0 Å². The first-order valence-corrected chi connectivity index (χ1v) is 21.3. The molecule has 0 bridgehead atoms. The summed E-state index contributed by atoms with van der Waals surface area (Å²) >= 11 is 0. The van der Waals surface area contributed by atoms with Crippen LogP contribution in [0.5, 0.6) is 0 Å². The fraction of sp³-hybridized carbons (Fsp3) is 0.102. The molecule has 61 heavy (non-hydrogen) atoms. The number of benzene rings is 9. The second-order valence-electron chi connectivity index (χ2n) is 17.1. The molecule has 290 valence electrons. The van der Waals surface area contributed by atoms with Gasteiger partial charge in [-0.05, 0) is 121 Å². The van der Waals surface area contributed by atoms with E-state index in [1.165, 1.54) is 77.7 Å². The number of fused-ring (bicyclic) bond motifs is 8. The Morgan fingerprint density at radius 3 is 1.79 bits per heavy atom. The highest BCUT2D eigenvalue weighted by Gasteiger charge is 2.36. The van der Waals surface area contributed by atoms with Gasteiger partial charge in [-0.3, -0.25) is 0 Å². The van der Waals surface area contributed by atoms with E-state index in [-0.39, 0.29) is 11.3 Å². The van der Waals surface area contributed by atoms with Gasteiger partial charge in [0, 0.05) is 27.5 Å². The molecular weight excluding hydrogens is 739 g/mol. The highest BCUT2D eigenvalue weighted by atomic mass is 16.3. The van der Waals surface area contributed by atoms with Gasteiger partial charge in [-0.1, -0.05) is 178 Å². The summed E-state index contributed by atoms with van der Waals surface area (Å²) < 4.78 is 6.37. The van der Waals surface area contributed by atoms with Crippen LogP contribution in [0.2, 0.25) is 0 Å². The molecule has 0 amide bonds. The molecule has 0 N–H and O–H groups in total. The van der Waals surface area contributed by atoms with Crippen molar-refractivity contribution < 1.29 is 4.42 Å². The molecule has 1 aliphatic carbocycles. The SMILES string of the molecule is CC1(C)c2cc(-c3ccccc3)ccc2-c2ccc(C(CCc3ccc(-c4ccc(-c5cc6c7ccccc7oc6c6ccccc56)cc4)cc3)c3ccc(C#N)cc3)cc21. The number of hydrogen-bond acceptors (Lipinski definition) is 2. The van der Waals surface area contributed by atoms with Crippen molar-refractivity contribution in [2.24, 2.45) is 0 Å². The van der Waals surface area contributed by atoms with Gasteiger partial charge in [0.2, 0.25) is 0 Å². The molecule has 9 aromatic carbocycles. The Labute approximate surface area is 357 Å². The Kier molecular flexibility index (Phi) is 8.80. The fourth-order valence-corrected chi connectivity index (χ4v) is 9.90. The van der Waals surface area contributed by atoms with Crippen molar-refractivity contribution in [3.05, 3.63) is 228 Å². The Morgan fingerprint density at radius 1 is 0.475 bits per heavy atom. The van der Waals surface area contributed by atoms with Gasteiger partial charge in [-0.15, -0.1) is 0 Å². The number of nitriles is 1. The van der Waals surface area contributed by atoms with Crippen LogP contribution in [0.3, 0.4) is 0 Å². The summed E-state index contributed by atoms with van der Waals surface area (Å²) in [5.41, 5.74) is 19.0. The highest BCUT2D eigenvalue weighted by Crippen LogP contribution is 2.51. The maximum absolute atomic E-state index is 9.59. The van der Waals surface area contributed by atoms with Crippen LogP contribution in [-0.2, 0) is 11.8 Å². The first kappa shape index (κ1) is 36.6. The first-order chi connectivity index (χ1) is 29.9. The minimum absolute atomic E-state index is 0.134. The Morgan fingerprint density at radius 2 is 1.05 bits per heavy atom. The average Bonchev–Trinajstić information content (AvgIpc) is 3.81. The van der Waals surface area contributed by atoms with Crippen molar-refractivity contribution >= 4 is 32.7 Å². The van der Waals surface area contributed by atoms with Gasteiger partial charge in [0.25, 0.3) is 0 Å². The third-order valence-electron chi connectivity index (χ3n) is 13.2. The zero-order chi connectivity index (χ0) is 41.1. The summed E-state index contributed by atoms with van der Waals surface area (Å²) in [5.74, 6) is 0.181. The predicted octanol–water partition coefficient (Wildman–Crippen LogP) is 15.7. The quantitative estimate of drug-likeness (QED) is 0.154. The summed E-state index contributed by atoms with van der Waals surface area (Å²) in [6.07, 6.45) is 1.89. The Balaban J connectivity index is 0.863. The molecule has 0 aliphatic heterocycles. The summed E-state index contributed by atoms with van der Waals surface area (Å²) in [5, 5.41) is 14.2. The Bertz CT molecular complexity index is 3310. The summed E-state index contributed by atoms with van der Waals surface area (Å²) in [6.45, 7) is 4.73. The molecule has 0 radical (unpaired) electrons. The van der Waals surface area contributed by atoms with Gasteiger partial charge in [0.1, 0.15) is 11.2 Å². The molecule has 1 unspecified atom stereocenters. The smallest absolute Gasteiger partial charge is 0.143 e. The van der Waals surface area contributed by atoms with Crippen LogP contribution in [-0.4, -0.2) is 0 Å². The number of nitrogens with zero attached hydrogens (tertiary/aromatic N) is 1. The van der Waals surface area contributed by atoms with E-state index in [0.717, 1.165) is 40.2 Å². The molecular formula is C59H43NO. The maximum atomic E-state index is 9.59. The molecule has 0 spiro atoms. The zero-order valence-corrected chi connectivity index (χ0v) is 34.3. The van der Waals surface area contributed by atoms with Crippen LogP contribution < -0.4 is 0 Å². The van der Waals surface area contributed by atoms with Crippen molar-refractivity contribution in [3.8, 4) is 50.6 Å². The molecule has 11 rings (SSSR count). The van der Waals surface area contributed by atoms with E-state index in [1.54, 1.807) is 0 Å². The van der Waals surface area contributed by atoms with Gasteiger partial charge in [-0.2, -0.15) is 5.26 Å². The number of furan rings is 1. The van der Waals surface area contributed by atoms with Crippen LogP contribution in [0.4, 0.5) is 0 Å². The Hall–Kier alpha value is -7.47. The van der Waals surface area contributed by atoms with Crippen LogP contribution in [0, 0.1) is 11.3 Å². The number of para-hydroxylation sites is 1. The molecule has 0 fully saturated rings. The standard InChI is InChI=1S/C59H43NO/c1-59(2)55-34-45(40-10-4-3-5-11-40)29-32-49(55)50-33-30-46(35-56(50)59)47(43-23-18-39(37-60)19-24-43)31-20-38-16-21-41(22-17-38)42-25-27-44(28-26-42)53-36-54-51-13-8-9-15-57(51)61-58(54)52-14-7-6-12-48(52)53/h3-19,21-30,32-36,47H,20,31H2,1-2H3. The van der Waals surface area contributed by atoms with Gasteiger partial charge in [0.05, 0.1) is 11.6 Å². The fourth-order valence-electron chi connectivity index (χ4n) is 9.90. The second-order valence-corrected chi connectivity index (χ2v) is 17.1. The molecule has 1 heterocycles. The lowest BCUT2D eigenvalue weighted by Gasteiger charge is -2.25. The van der Waals surface area contributed by atoms with Crippen molar-refractivity contribution in [2.45, 2.75) is 38.0 Å². The van der Waals surface area contributed by atoms with Gasteiger partial charge < -0.3 is 4.42 Å².